The van der Waals surface area contributed by atoms with Crippen molar-refractivity contribution in [3.63, 3.8) is 0 Å². The van der Waals surface area contributed by atoms with Crippen LogP contribution in [0, 0.1) is 5.92 Å². The standard InChI is InChI=1S/C20H21F3N4O3/c1-29-15-4-3-5-16(30-2)17(15)18(28)26-7-6-12-10-27(14(12)11-26)19-24-8-13(9-25-19)20(21,22)23/h3-5,8-9,12,14H,6-7,10-11H2,1-2H3/t12-,14-/m0/s1. The average molecular weight is 422 g/mol. The Morgan fingerprint density at radius 2 is 1.73 bits per heavy atom. The normalized spacial score (nSPS) is 21.0. The number of aromatic nitrogens is 2. The molecule has 0 radical (unpaired) electrons. The summed E-state index contributed by atoms with van der Waals surface area (Å²) in [5.74, 6) is 1.24. The number of carbonyl (C=O) groups excluding carboxylic acids is 1. The maximum atomic E-state index is 13.2. The molecule has 2 aliphatic rings. The number of benzene rings is 1. The molecule has 1 amide bonds. The van der Waals surface area contributed by atoms with E-state index in [1.165, 1.54) is 14.2 Å². The van der Waals surface area contributed by atoms with Crippen LogP contribution in [0.1, 0.15) is 22.3 Å². The number of ether oxygens (including phenoxy) is 2. The summed E-state index contributed by atoms with van der Waals surface area (Å²) in [6.45, 7) is 1.67. The molecule has 0 saturated carbocycles. The lowest BCUT2D eigenvalue weighted by molar-refractivity contribution is -0.138. The second-order valence-corrected chi connectivity index (χ2v) is 7.33. The Kier molecular flexibility index (Phi) is 5.17. The number of piperidine rings is 1. The molecule has 3 heterocycles. The molecule has 0 bridgehead atoms. The number of rotatable bonds is 4. The van der Waals surface area contributed by atoms with E-state index < -0.39 is 11.7 Å². The molecular weight excluding hydrogens is 401 g/mol. The summed E-state index contributed by atoms with van der Waals surface area (Å²) in [4.78, 5) is 24.6. The summed E-state index contributed by atoms with van der Waals surface area (Å²) in [6, 6.07) is 5.11. The number of carbonyl (C=O) groups is 1. The predicted molar refractivity (Wildman–Crippen MR) is 102 cm³/mol. The number of nitrogens with zero attached hydrogens (tertiary/aromatic N) is 4. The Balaban J connectivity index is 1.52. The molecular formula is C20H21F3N4O3. The SMILES string of the molecule is COc1cccc(OC)c1C(=O)N1CC[C@H]2CN(c3ncc(C(F)(F)F)cn3)[C@H]2C1. The predicted octanol–water partition coefficient (Wildman–Crippen LogP) is 2.86. The van der Waals surface area contributed by atoms with Crippen molar-refractivity contribution in [2.45, 2.75) is 18.6 Å². The zero-order valence-electron chi connectivity index (χ0n) is 16.5. The zero-order valence-corrected chi connectivity index (χ0v) is 16.5. The van der Waals surface area contributed by atoms with Crippen LogP contribution in [0.2, 0.25) is 0 Å². The van der Waals surface area contributed by atoms with Gasteiger partial charge in [-0.2, -0.15) is 13.2 Å². The monoisotopic (exact) mass is 422 g/mol. The first-order valence-electron chi connectivity index (χ1n) is 9.49. The maximum absolute atomic E-state index is 13.2. The fourth-order valence-electron chi connectivity index (χ4n) is 4.05. The van der Waals surface area contributed by atoms with Gasteiger partial charge in [0.2, 0.25) is 5.95 Å². The van der Waals surface area contributed by atoms with Crippen molar-refractivity contribution in [2.24, 2.45) is 5.92 Å². The molecule has 4 rings (SSSR count). The maximum Gasteiger partial charge on any atom is 0.419 e. The van der Waals surface area contributed by atoms with E-state index in [0.29, 0.717) is 42.6 Å². The molecule has 1 aromatic carbocycles. The number of hydrogen-bond donors (Lipinski definition) is 0. The van der Waals surface area contributed by atoms with Gasteiger partial charge in [0.25, 0.3) is 5.91 Å². The Bertz CT molecular complexity index is 914. The molecule has 1 aromatic heterocycles. The molecule has 0 N–H and O–H groups in total. The third-order valence-corrected chi connectivity index (χ3v) is 5.70. The molecule has 2 aromatic rings. The van der Waals surface area contributed by atoms with Gasteiger partial charge in [0.1, 0.15) is 17.1 Å². The van der Waals surface area contributed by atoms with Crippen LogP contribution in [0.25, 0.3) is 0 Å². The number of likely N-dealkylation sites (tertiary alicyclic amines) is 1. The van der Waals surface area contributed by atoms with Crippen molar-refractivity contribution in [1.82, 2.24) is 14.9 Å². The molecule has 2 saturated heterocycles. The largest absolute Gasteiger partial charge is 0.496 e. The minimum Gasteiger partial charge on any atom is -0.496 e. The van der Waals surface area contributed by atoms with Gasteiger partial charge in [-0.3, -0.25) is 4.79 Å². The number of amides is 1. The van der Waals surface area contributed by atoms with Crippen molar-refractivity contribution in [2.75, 3.05) is 38.8 Å². The van der Waals surface area contributed by atoms with Crippen LogP contribution < -0.4 is 14.4 Å². The molecule has 7 nitrogen and oxygen atoms in total. The molecule has 2 aliphatic heterocycles. The van der Waals surface area contributed by atoms with Gasteiger partial charge in [-0.15, -0.1) is 0 Å². The lowest BCUT2D eigenvalue weighted by atomic mass is 9.82. The third-order valence-electron chi connectivity index (χ3n) is 5.70. The average Bonchev–Trinajstić information content (AvgIpc) is 2.73. The third kappa shape index (κ3) is 3.50. The Morgan fingerprint density at radius 3 is 2.30 bits per heavy atom. The van der Waals surface area contributed by atoms with Gasteiger partial charge in [0, 0.05) is 37.9 Å². The van der Waals surface area contributed by atoms with Gasteiger partial charge in [-0.05, 0) is 18.6 Å². The number of alkyl halides is 3. The fraction of sp³-hybridized carbons (Fsp3) is 0.450. The number of hydrogen-bond acceptors (Lipinski definition) is 6. The number of fused-ring (bicyclic) bond motifs is 1. The highest BCUT2D eigenvalue weighted by Crippen LogP contribution is 2.37. The summed E-state index contributed by atoms with van der Waals surface area (Å²) in [5.41, 5.74) is -0.523. The molecule has 0 aliphatic carbocycles. The van der Waals surface area contributed by atoms with E-state index in [0.717, 1.165) is 18.8 Å². The molecule has 0 spiro atoms. The minimum absolute atomic E-state index is 0.0415. The Hall–Kier alpha value is -3.04. The summed E-state index contributed by atoms with van der Waals surface area (Å²) < 4.78 is 48.9. The summed E-state index contributed by atoms with van der Waals surface area (Å²) >= 11 is 0. The number of halogens is 3. The van der Waals surface area contributed by atoms with Crippen LogP contribution >= 0.6 is 0 Å². The highest BCUT2D eigenvalue weighted by Gasteiger charge is 2.45. The summed E-state index contributed by atoms with van der Waals surface area (Å²) in [5, 5.41) is 0. The molecule has 10 heteroatoms. The van der Waals surface area contributed by atoms with E-state index in [2.05, 4.69) is 9.97 Å². The Labute approximate surface area is 171 Å². The minimum atomic E-state index is -4.47. The second kappa shape index (κ2) is 7.66. The van der Waals surface area contributed by atoms with E-state index in [4.69, 9.17) is 9.47 Å². The van der Waals surface area contributed by atoms with Crippen LogP contribution in [0.3, 0.4) is 0 Å². The van der Waals surface area contributed by atoms with Crippen LogP contribution in [0.15, 0.2) is 30.6 Å². The quantitative estimate of drug-likeness (QED) is 0.755. The van der Waals surface area contributed by atoms with Crippen LogP contribution in [-0.4, -0.2) is 60.7 Å². The van der Waals surface area contributed by atoms with Gasteiger partial charge in [-0.1, -0.05) is 6.07 Å². The lowest BCUT2D eigenvalue weighted by Crippen LogP contribution is -2.65. The molecule has 2 fully saturated rings. The summed E-state index contributed by atoms with van der Waals surface area (Å²) in [7, 11) is 2.99. The first-order chi connectivity index (χ1) is 14.3. The van der Waals surface area contributed by atoms with Gasteiger partial charge in [-0.25, -0.2) is 9.97 Å². The van der Waals surface area contributed by atoms with Gasteiger partial charge >= 0.3 is 6.18 Å². The molecule has 160 valence electrons. The topological polar surface area (TPSA) is 67.8 Å². The van der Waals surface area contributed by atoms with Gasteiger partial charge < -0.3 is 19.3 Å². The molecule has 30 heavy (non-hydrogen) atoms. The number of methoxy groups -OCH3 is 2. The van der Waals surface area contributed by atoms with Crippen LogP contribution in [0.5, 0.6) is 11.5 Å². The van der Waals surface area contributed by atoms with Gasteiger partial charge in [0.05, 0.1) is 25.8 Å². The van der Waals surface area contributed by atoms with Crippen molar-refractivity contribution >= 4 is 11.9 Å². The smallest absolute Gasteiger partial charge is 0.419 e. The van der Waals surface area contributed by atoms with Gasteiger partial charge in [0.15, 0.2) is 0 Å². The van der Waals surface area contributed by atoms with Crippen molar-refractivity contribution in [1.29, 1.82) is 0 Å². The number of anilines is 1. The molecule has 0 unspecified atom stereocenters. The van der Waals surface area contributed by atoms with E-state index >= 15 is 0 Å². The zero-order chi connectivity index (χ0) is 21.5. The highest BCUT2D eigenvalue weighted by atomic mass is 19.4. The van der Waals surface area contributed by atoms with Crippen molar-refractivity contribution in [3.8, 4) is 11.5 Å². The van der Waals surface area contributed by atoms with Crippen molar-refractivity contribution in [3.05, 3.63) is 41.7 Å². The lowest BCUT2D eigenvalue weighted by Gasteiger charge is -2.53. The van der Waals surface area contributed by atoms with E-state index in [1.54, 1.807) is 23.1 Å². The van der Waals surface area contributed by atoms with Crippen molar-refractivity contribution < 1.29 is 27.4 Å². The second-order valence-electron chi connectivity index (χ2n) is 7.33. The van der Waals surface area contributed by atoms with Crippen LogP contribution in [-0.2, 0) is 6.18 Å². The van der Waals surface area contributed by atoms with E-state index in [1.807, 2.05) is 4.90 Å². The Morgan fingerprint density at radius 1 is 1.10 bits per heavy atom. The van der Waals surface area contributed by atoms with E-state index in [9.17, 15) is 18.0 Å². The van der Waals surface area contributed by atoms with Crippen LogP contribution in [0.4, 0.5) is 19.1 Å². The molecule has 2 atom stereocenters. The first-order valence-corrected chi connectivity index (χ1v) is 9.49. The fourth-order valence-corrected chi connectivity index (χ4v) is 4.05. The first kappa shape index (κ1) is 20.2. The van der Waals surface area contributed by atoms with E-state index in [-0.39, 0.29) is 17.9 Å². The summed E-state index contributed by atoms with van der Waals surface area (Å²) in [6.07, 6.45) is -2.09. The highest BCUT2D eigenvalue weighted by molar-refractivity contribution is 5.99.